The number of nitro groups is 1. The molecule has 4 rings (SSSR count). The lowest BCUT2D eigenvalue weighted by Crippen LogP contribution is -2.18. The van der Waals surface area contributed by atoms with Gasteiger partial charge in [-0.05, 0) is 29.0 Å². The third-order valence-corrected chi connectivity index (χ3v) is 6.33. The number of nitrogens with one attached hydrogen (secondary N) is 1. The summed E-state index contributed by atoms with van der Waals surface area (Å²) in [5, 5.41) is 17.4. The topological polar surface area (TPSA) is 146 Å². The molecule has 2 amide bonds. The lowest BCUT2D eigenvalue weighted by Gasteiger charge is -2.12. The van der Waals surface area contributed by atoms with E-state index in [2.05, 4.69) is 15.4 Å². The number of halogens is 3. The van der Waals surface area contributed by atoms with Gasteiger partial charge in [0.25, 0.3) is 5.91 Å². The minimum atomic E-state index is -4.75. The van der Waals surface area contributed by atoms with Crippen molar-refractivity contribution in [3.63, 3.8) is 0 Å². The average molecular weight is 518 g/mol. The van der Waals surface area contributed by atoms with E-state index in [-0.39, 0.29) is 45.1 Å². The van der Waals surface area contributed by atoms with Gasteiger partial charge in [-0.1, -0.05) is 30.3 Å². The van der Waals surface area contributed by atoms with E-state index in [4.69, 9.17) is 5.73 Å². The summed E-state index contributed by atoms with van der Waals surface area (Å²) < 4.78 is 42.0. The Morgan fingerprint density at radius 1 is 1.22 bits per heavy atom. The zero-order valence-electron chi connectivity index (χ0n) is 18.5. The second-order valence-corrected chi connectivity index (χ2v) is 8.69. The third-order valence-electron chi connectivity index (χ3n) is 5.23. The lowest BCUT2D eigenvalue weighted by atomic mass is 10.0. The predicted molar refractivity (Wildman–Crippen MR) is 125 cm³/mol. The van der Waals surface area contributed by atoms with Gasteiger partial charge in [0, 0.05) is 11.8 Å². The van der Waals surface area contributed by atoms with E-state index in [1.54, 1.807) is 37.3 Å². The molecule has 0 aliphatic rings. The molecule has 186 valence electrons. The molecule has 4 aromatic rings. The molecule has 0 fully saturated rings. The fourth-order valence-corrected chi connectivity index (χ4v) is 4.61. The summed E-state index contributed by atoms with van der Waals surface area (Å²) in [6.45, 7) is 1.58. The minimum absolute atomic E-state index is 0.0124. The zero-order valence-corrected chi connectivity index (χ0v) is 19.3. The number of aromatic nitrogens is 3. The van der Waals surface area contributed by atoms with Crippen LogP contribution in [0.15, 0.2) is 42.5 Å². The summed E-state index contributed by atoms with van der Waals surface area (Å²) in [6, 6.07) is 10.3. The summed E-state index contributed by atoms with van der Waals surface area (Å²) in [6.07, 6.45) is -4.94. The monoisotopic (exact) mass is 518 g/mol. The first-order chi connectivity index (χ1) is 17.0. The Morgan fingerprint density at radius 3 is 2.50 bits per heavy atom. The Balaban J connectivity index is 1.76. The minimum Gasteiger partial charge on any atom is -0.365 e. The van der Waals surface area contributed by atoms with Gasteiger partial charge >= 0.3 is 12.0 Å². The molecular weight excluding hydrogens is 501 g/mol. The highest BCUT2D eigenvalue weighted by molar-refractivity contribution is 7.21. The maximum absolute atomic E-state index is 13.6. The number of aryl methyl sites for hydroxylation is 2. The number of nitrogens with two attached hydrogens (primary N) is 1. The van der Waals surface area contributed by atoms with Gasteiger partial charge in [-0.3, -0.25) is 9.59 Å². The van der Waals surface area contributed by atoms with Gasteiger partial charge in [-0.15, -0.1) is 11.3 Å². The number of hydrogen-bond donors (Lipinski definition) is 2. The number of thiophene rings is 1. The molecule has 3 N–H and O–H groups in total. The molecule has 3 heterocycles. The number of amides is 2. The number of rotatable bonds is 7. The SMILES string of the molecule is Cc1cc([N+](=O)[O-])nn1CCC(=O)Nc1c(C(N)=O)sc2nc(C(F)(F)F)cc(-c3ccccc3)c12. The number of carbonyl (C=O) groups excluding carboxylic acids is 2. The van der Waals surface area contributed by atoms with Crippen LogP contribution in [0.4, 0.5) is 24.7 Å². The maximum atomic E-state index is 13.6. The van der Waals surface area contributed by atoms with Crippen LogP contribution in [0.25, 0.3) is 21.3 Å². The molecule has 0 bridgehead atoms. The van der Waals surface area contributed by atoms with Crippen LogP contribution in [0.3, 0.4) is 0 Å². The third kappa shape index (κ3) is 4.88. The molecule has 0 aliphatic heterocycles. The van der Waals surface area contributed by atoms with Crippen molar-refractivity contribution in [1.29, 1.82) is 0 Å². The van der Waals surface area contributed by atoms with Crippen molar-refractivity contribution in [3.8, 4) is 11.1 Å². The van der Waals surface area contributed by atoms with Crippen molar-refractivity contribution in [1.82, 2.24) is 14.8 Å². The molecule has 10 nitrogen and oxygen atoms in total. The molecule has 0 saturated carbocycles. The fourth-order valence-electron chi connectivity index (χ4n) is 3.60. The van der Waals surface area contributed by atoms with Crippen LogP contribution < -0.4 is 11.1 Å². The van der Waals surface area contributed by atoms with Crippen LogP contribution in [0.5, 0.6) is 0 Å². The van der Waals surface area contributed by atoms with E-state index in [0.717, 1.165) is 6.07 Å². The summed E-state index contributed by atoms with van der Waals surface area (Å²) in [5.74, 6) is -1.92. The Morgan fingerprint density at radius 2 is 1.92 bits per heavy atom. The van der Waals surface area contributed by atoms with Crippen molar-refractivity contribution < 1.29 is 27.7 Å². The second kappa shape index (κ2) is 9.37. The normalized spacial score (nSPS) is 11.6. The number of carbonyl (C=O) groups is 2. The first kappa shape index (κ1) is 24.8. The number of pyridine rings is 1. The first-order valence-electron chi connectivity index (χ1n) is 10.3. The van der Waals surface area contributed by atoms with Gasteiger partial charge in [0.05, 0.1) is 29.1 Å². The number of hydrogen-bond acceptors (Lipinski definition) is 7. The smallest absolute Gasteiger partial charge is 0.365 e. The van der Waals surface area contributed by atoms with Crippen molar-refractivity contribution >= 4 is 44.9 Å². The Hall–Kier alpha value is -4.33. The van der Waals surface area contributed by atoms with Crippen LogP contribution in [0.1, 0.15) is 27.5 Å². The van der Waals surface area contributed by atoms with E-state index in [1.807, 2.05) is 0 Å². The molecule has 0 aliphatic carbocycles. The molecular formula is C22H17F3N6O4S. The molecule has 0 unspecified atom stereocenters. The van der Waals surface area contributed by atoms with E-state index < -0.39 is 28.6 Å². The van der Waals surface area contributed by atoms with Crippen LogP contribution in [-0.4, -0.2) is 31.5 Å². The molecule has 3 aromatic heterocycles. The molecule has 0 radical (unpaired) electrons. The van der Waals surface area contributed by atoms with Crippen LogP contribution in [0, 0.1) is 17.0 Å². The number of alkyl halides is 3. The van der Waals surface area contributed by atoms with Crippen molar-refractivity contribution in [3.05, 3.63) is 68.8 Å². The van der Waals surface area contributed by atoms with Gasteiger partial charge < -0.3 is 21.2 Å². The number of fused-ring (bicyclic) bond motifs is 1. The van der Waals surface area contributed by atoms with Gasteiger partial charge in [0.1, 0.15) is 15.4 Å². The summed E-state index contributed by atoms with van der Waals surface area (Å²) in [7, 11) is 0. The van der Waals surface area contributed by atoms with Gasteiger partial charge in [-0.25, -0.2) is 4.98 Å². The summed E-state index contributed by atoms with van der Waals surface area (Å²) in [5.41, 5.74) is 5.27. The van der Waals surface area contributed by atoms with Gasteiger partial charge in [-0.2, -0.15) is 17.9 Å². The predicted octanol–water partition coefficient (Wildman–Crippen LogP) is 4.52. The highest BCUT2D eigenvalue weighted by atomic mass is 32.1. The number of anilines is 1. The summed E-state index contributed by atoms with van der Waals surface area (Å²) >= 11 is 0.644. The number of primary amides is 1. The highest BCUT2D eigenvalue weighted by Gasteiger charge is 2.35. The zero-order chi connectivity index (χ0) is 26.2. The first-order valence-corrected chi connectivity index (χ1v) is 11.2. The van der Waals surface area contributed by atoms with Crippen molar-refractivity contribution in [2.45, 2.75) is 26.1 Å². The van der Waals surface area contributed by atoms with Crippen molar-refractivity contribution in [2.24, 2.45) is 5.73 Å². The second-order valence-electron chi connectivity index (χ2n) is 7.69. The van der Waals surface area contributed by atoms with Crippen LogP contribution >= 0.6 is 11.3 Å². The highest BCUT2D eigenvalue weighted by Crippen LogP contribution is 2.43. The molecule has 1 aromatic carbocycles. The largest absolute Gasteiger partial charge is 0.433 e. The van der Waals surface area contributed by atoms with Gasteiger partial charge in [0.2, 0.25) is 5.91 Å². The quantitative estimate of drug-likeness (QED) is 0.272. The Bertz CT molecular complexity index is 1500. The van der Waals surface area contributed by atoms with Crippen LogP contribution in [0.2, 0.25) is 0 Å². The van der Waals surface area contributed by atoms with E-state index in [0.29, 0.717) is 22.6 Å². The molecule has 0 spiro atoms. The molecule has 36 heavy (non-hydrogen) atoms. The Kier molecular flexibility index (Phi) is 6.45. The van der Waals surface area contributed by atoms with Crippen LogP contribution in [-0.2, 0) is 17.5 Å². The average Bonchev–Trinajstić information content (AvgIpc) is 3.38. The van der Waals surface area contributed by atoms with Crippen molar-refractivity contribution in [2.75, 3.05) is 5.32 Å². The summed E-state index contributed by atoms with van der Waals surface area (Å²) in [4.78, 5) is 38.6. The number of benzene rings is 1. The van der Waals surface area contributed by atoms with Gasteiger partial charge in [0.15, 0.2) is 0 Å². The standard InChI is InChI=1S/C22H17F3N6O4S/c1-11-9-15(31(34)35)29-30(11)8-7-16(32)28-18-17-13(12-5-3-2-4-6-12)10-14(22(23,24)25)27-21(17)36-19(18)20(26)33/h2-6,9-10H,7-8H2,1H3,(H2,26,33)(H,28,32). The number of nitrogens with zero attached hydrogens (tertiary/aromatic N) is 4. The molecule has 14 heteroatoms. The fraction of sp³-hybridized carbons (Fsp3) is 0.182. The molecule has 0 atom stereocenters. The molecule has 0 saturated heterocycles. The lowest BCUT2D eigenvalue weighted by molar-refractivity contribution is -0.389. The van der Waals surface area contributed by atoms with E-state index in [1.165, 1.54) is 10.7 Å². The van der Waals surface area contributed by atoms with E-state index >= 15 is 0 Å². The maximum Gasteiger partial charge on any atom is 0.433 e. The van der Waals surface area contributed by atoms with E-state index in [9.17, 15) is 32.9 Å². The Labute approximate surface area is 204 Å².